The van der Waals surface area contributed by atoms with Crippen molar-refractivity contribution in [3.05, 3.63) is 34.8 Å². The number of nitrogens with two attached hydrogens (primary N) is 1. The van der Waals surface area contributed by atoms with Crippen LogP contribution in [0.2, 0.25) is 0 Å². The molecule has 3 N–H and O–H groups in total. The number of nitrogens with one attached hydrogen (secondary N) is 1. The van der Waals surface area contributed by atoms with Crippen molar-refractivity contribution in [2.24, 2.45) is 10.7 Å². The molecule has 2 aromatic rings. The molecule has 1 aliphatic heterocycles. The Kier molecular flexibility index (Phi) is 6.25. The third kappa shape index (κ3) is 4.47. The number of benzene rings is 1. The van der Waals surface area contributed by atoms with Gasteiger partial charge in [-0.3, -0.25) is 0 Å². The van der Waals surface area contributed by atoms with Gasteiger partial charge in [0.2, 0.25) is 0 Å². The predicted octanol–water partition coefficient (Wildman–Crippen LogP) is 2.85. The predicted molar refractivity (Wildman–Crippen MR) is 98.5 cm³/mol. The van der Waals surface area contributed by atoms with Crippen molar-refractivity contribution in [3.8, 4) is 11.5 Å². The van der Waals surface area contributed by atoms with Crippen LogP contribution in [-0.4, -0.2) is 24.2 Å². The van der Waals surface area contributed by atoms with Crippen LogP contribution in [0, 0.1) is 0 Å². The van der Waals surface area contributed by atoms with E-state index in [0.29, 0.717) is 25.7 Å². The zero-order valence-corrected chi connectivity index (χ0v) is 15.0. The van der Waals surface area contributed by atoms with Gasteiger partial charge in [0.05, 0.1) is 19.8 Å². The van der Waals surface area contributed by atoms with Crippen LogP contribution in [0.15, 0.2) is 34.8 Å². The minimum atomic E-state index is 0. The van der Waals surface area contributed by atoms with Gasteiger partial charge in [-0.15, -0.1) is 35.3 Å². The summed E-state index contributed by atoms with van der Waals surface area (Å²) in [4.78, 5) is 8.41. The van der Waals surface area contributed by atoms with E-state index in [1.54, 1.807) is 17.5 Å². The van der Waals surface area contributed by atoms with Gasteiger partial charge < -0.3 is 20.5 Å². The van der Waals surface area contributed by atoms with Gasteiger partial charge in [0.15, 0.2) is 17.5 Å². The normalized spacial score (nSPS) is 13.9. The van der Waals surface area contributed by atoms with E-state index < -0.39 is 0 Å². The summed E-state index contributed by atoms with van der Waals surface area (Å²) < 4.78 is 11.2. The highest BCUT2D eigenvalue weighted by Gasteiger charge is 2.10. The minimum absolute atomic E-state index is 0. The van der Waals surface area contributed by atoms with Crippen molar-refractivity contribution >= 4 is 47.0 Å². The lowest BCUT2D eigenvalue weighted by Crippen LogP contribution is -2.22. The molecule has 118 valence electrons. The summed E-state index contributed by atoms with van der Waals surface area (Å²) in [6.07, 6.45) is 2.64. The Labute approximate surface area is 149 Å². The first-order valence-electron chi connectivity index (χ1n) is 6.66. The molecule has 22 heavy (non-hydrogen) atoms. The van der Waals surface area contributed by atoms with Crippen LogP contribution in [0.4, 0.5) is 5.69 Å². The molecule has 1 aromatic carbocycles. The van der Waals surface area contributed by atoms with Crippen molar-refractivity contribution in [2.45, 2.75) is 13.0 Å². The number of aromatic nitrogens is 1. The topological polar surface area (TPSA) is 81.8 Å². The monoisotopic (exact) mass is 432 g/mol. The van der Waals surface area contributed by atoms with E-state index >= 15 is 0 Å². The van der Waals surface area contributed by atoms with Gasteiger partial charge in [0, 0.05) is 29.8 Å². The number of halogens is 1. The number of hydrogen-bond acceptors (Lipinski definition) is 5. The number of rotatable bonds is 3. The lowest BCUT2D eigenvalue weighted by Gasteiger charge is -2.10. The van der Waals surface area contributed by atoms with Crippen LogP contribution in [-0.2, 0) is 6.54 Å². The molecule has 0 atom stereocenters. The second kappa shape index (κ2) is 8.18. The number of nitrogens with zero attached hydrogens (tertiary/aromatic N) is 2. The van der Waals surface area contributed by atoms with Crippen molar-refractivity contribution in [1.82, 2.24) is 4.98 Å². The summed E-state index contributed by atoms with van der Waals surface area (Å²) in [5.41, 5.74) is 6.69. The molecule has 3 rings (SSSR count). The van der Waals surface area contributed by atoms with Gasteiger partial charge in [-0.1, -0.05) is 0 Å². The number of ether oxygens (including phenoxy) is 2. The molecule has 0 spiro atoms. The van der Waals surface area contributed by atoms with Gasteiger partial charge in [-0.25, -0.2) is 9.98 Å². The zero-order chi connectivity index (χ0) is 14.5. The number of hydrogen-bond donors (Lipinski definition) is 2. The number of fused-ring (bicyclic) bond motifs is 1. The lowest BCUT2D eigenvalue weighted by atomic mass is 10.3. The Morgan fingerprint density at radius 2 is 2.14 bits per heavy atom. The second-order valence-corrected chi connectivity index (χ2v) is 5.44. The summed E-state index contributed by atoms with van der Waals surface area (Å²) >= 11 is 1.55. The van der Waals surface area contributed by atoms with Crippen LogP contribution in [0.5, 0.6) is 11.5 Å². The first-order chi connectivity index (χ1) is 10.3. The molecule has 1 aromatic heterocycles. The molecule has 0 fully saturated rings. The van der Waals surface area contributed by atoms with E-state index in [1.807, 2.05) is 23.6 Å². The first-order valence-corrected chi connectivity index (χ1v) is 7.54. The van der Waals surface area contributed by atoms with E-state index in [4.69, 9.17) is 15.2 Å². The van der Waals surface area contributed by atoms with Gasteiger partial charge in [0.25, 0.3) is 0 Å². The Morgan fingerprint density at radius 3 is 2.91 bits per heavy atom. The number of thiazole rings is 1. The van der Waals surface area contributed by atoms with Crippen LogP contribution in [0.25, 0.3) is 0 Å². The molecule has 0 amide bonds. The van der Waals surface area contributed by atoms with Crippen molar-refractivity contribution in [3.63, 3.8) is 0 Å². The highest BCUT2D eigenvalue weighted by Crippen LogP contribution is 2.32. The summed E-state index contributed by atoms with van der Waals surface area (Å²) in [6, 6.07) is 5.63. The van der Waals surface area contributed by atoms with Crippen LogP contribution in [0.3, 0.4) is 0 Å². The fourth-order valence-corrected chi connectivity index (χ4v) is 2.45. The maximum absolute atomic E-state index is 5.87. The lowest BCUT2D eigenvalue weighted by molar-refractivity contribution is 0.297. The van der Waals surface area contributed by atoms with Crippen LogP contribution >= 0.6 is 35.3 Å². The standard InChI is InChI=1S/C14H16N4O2S.HI/c15-14(17-9-13-16-4-7-21-13)18-10-2-3-11-12(8-10)20-6-1-5-19-11;/h2-4,7-8H,1,5-6,9H2,(H3,15,17,18);1H. The largest absolute Gasteiger partial charge is 0.490 e. The molecule has 0 saturated carbocycles. The van der Waals surface area contributed by atoms with E-state index in [2.05, 4.69) is 15.3 Å². The maximum Gasteiger partial charge on any atom is 0.193 e. The molecule has 0 unspecified atom stereocenters. The van der Waals surface area contributed by atoms with E-state index in [-0.39, 0.29) is 24.0 Å². The Morgan fingerprint density at radius 1 is 1.32 bits per heavy atom. The molecule has 2 heterocycles. The third-order valence-corrected chi connectivity index (χ3v) is 3.65. The number of aliphatic imine (C=N–C) groups is 1. The summed E-state index contributed by atoms with van der Waals surface area (Å²) in [5, 5.41) is 5.89. The van der Waals surface area contributed by atoms with Crippen LogP contribution in [0.1, 0.15) is 11.4 Å². The third-order valence-electron chi connectivity index (χ3n) is 2.89. The highest BCUT2D eigenvalue weighted by atomic mass is 127. The second-order valence-electron chi connectivity index (χ2n) is 4.46. The minimum Gasteiger partial charge on any atom is -0.490 e. The fraction of sp³-hybridized carbons (Fsp3) is 0.286. The molecule has 0 saturated heterocycles. The van der Waals surface area contributed by atoms with Crippen molar-refractivity contribution in [1.29, 1.82) is 0 Å². The smallest absolute Gasteiger partial charge is 0.193 e. The van der Waals surface area contributed by atoms with Gasteiger partial charge in [-0.2, -0.15) is 0 Å². The van der Waals surface area contributed by atoms with Crippen molar-refractivity contribution < 1.29 is 9.47 Å². The average molecular weight is 432 g/mol. The maximum atomic E-state index is 5.87. The average Bonchev–Trinajstić information content (AvgIpc) is 2.90. The van der Waals surface area contributed by atoms with E-state index in [0.717, 1.165) is 28.6 Å². The Hall–Kier alpha value is -1.55. The molecule has 1 aliphatic rings. The van der Waals surface area contributed by atoms with Gasteiger partial charge in [0.1, 0.15) is 5.01 Å². The zero-order valence-electron chi connectivity index (χ0n) is 11.8. The number of anilines is 1. The molecule has 0 radical (unpaired) electrons. The van der Waals surface area contributed by atoms with Gasteiger partial charge >= 0.3 is 0 Å². The highest BCUT2D eigenvalue weighted by molar-refractivity contribution is 14.0. The SMILES string of the molecule is I.NC(=NCc1nccs1)Nc1ccc2c(c1)OCCCO2. The molecule has 0 aliphatic carbocycles. The molecular weight excluding hydrogens is 415 g/mol. The quantitative estimate of drug-likeness (QED) is 0.443. The Balaban J connectivity index is 0.00000176. The summed E-state index contributed by atoms with van der Waals surface area (Å²) in [6.45, 7) is 1.81. The van der Waals surface area contributed by atoms with Crippen molar-refractivity contribution in [2.75, 3.05) is 18.5 Å². The first kappa shape index (κ1) is 16.8. The number of guanidine groups is 1. The van der Waals surface area contributed by atoms with E-state index in [9.17, 15) is 0 Å². The van der Waals surface area contributed by atoms with Crippen LogP contribution < -0.4 is 20.5 Å². The summed E-state index contributed by atoms with van der Waals surface area (Å²) in [7, 11) is 0. The molecular formula is C14H17IN4O2S. The fourth-order valence-electron chi connectivity index (χ4n) is 1.91. The van der Waals surface area contributed by atoms with Gasteiger partial charge in [-0.05, 0) is 12.1 Å². The summed E-state index contributed by atoms with van der Waals surface area (Å²) in [5.74, 6) is 1.83. The van der Waals surface area contributed by atoms with E-state index in [1.165, 1.54) is 0 Å². The molecule has 6 nitrogen and oxygen atoms in total. The Bertz CT molecular complexity index is 634. The molecule has 8 heteroatoms. The molecule has 0 bridgehead atoms.